The number of benzene rings is 2. The topological polar surface area (TPSA) is 42.9 Å². The molecule has 0 aromatic heterocycles. The second-order valence-electron chi connectivity index (χ2n) is 4.98. The van der Waals surface area contributed by atoms with E-state index in [4.69, 9.17) is 21.1 Å². The van der Waals surface area contributed by atoms with Gasteiger partial charge in [-0.05, 0) is 54.8 Å². The van der Waals surface area contributed by atoms with Crippen LogP contribution in [0.15, 0.2) is 35.4 Å². The van der Waals surface area contributed by atoms with Gasteiger partial charge >= 0.3 is 0 Å². The van der Waals surface area contributed by atoms with Crippen LogP contribution in [-0.2, 0) is 0 Å². The molecule has 1 aliphatic heterocycles. The van der Waals surface area contributed by atoms with Gasteiger partial charge in [0.2, 0.25) is 6.79 Å². The number of anilines is 1. The molecule has 0 bridgehead atoms. The molecule has 0 saturated carbocycles. The smallest absolute Gasteiger partial charge is 0.231 e. The molecule has 1 aliphatic rings. The summed E-state index contributed by atoms with van der Waals surface area (Å²) in [5.41, 5.74) is 7.21. The maximum absolute atomic E-state index is 6.13. The van der Waals surface area contributed by atoms with Gasteiger partial charge in [0.1, 0.15) is 0 Å². The molecule has 21 heavy (non-hydrogen) atoms. The molecule has 1 heterocycles. The van der Waals surface area contributed by atoms with Crippen molar-refractivity contribution in [3.63, 3.8) is 0 Å². The number of hydrazone groups is 1. The molecule has 5 heteroatoms. The summed E-state index contributed by atoms with van der Waals surface area (Å²) < 4.78 is 10.6. The Labute approximate surface area is 128 Å². The standard InChI is InChI=1S/C16H15ClN2O2/c1-10-3-11(2)5-13(4-10)19-18-8-12-6-14(17)16-15(7-12)20-9-21-16/h3-8,19H,9H2,1-2H3/b18-8-. The van der Waals surface area contributed by atoms with Gasteiger partial charge in [-0.15, -0.1) is 0 Å². The van der Waals surface area contributed by atoms with Crippen LogP contribution in [0.3, 0.4) is 0 Å². The van der Waals surface area contributed by atoms with E-state index in [-0.39, 0.29) is 6.79 Å². The molecule has 0 unspecified atom stereocenters. The lowest BCUT2D eigenvalue weighted by Gasteiger charge is -2.04. The minimum Gasteiger partial charge on any atom is -0.454 e. The first-order valence-corrected chi connectivity index (χ1v) is 6.96. The van der Waals surface area contributed by atoms with Crippen molar-refractivity contribution in [1.29, 1.82) is 0 Å². The molecule has 108 valence electrons. The fraction of sp³-hybridized carbons (Fsp3) is 0.188. The van der Waals surface area contributed by atoms with Crippen molar-refractivity contribution in [2.24, 2.45) is 5.10 Å². The van der Waals surface area contributed by atoms with Crippen LogP contribution in [0.2, 0.25) is 5.02 Å². The van der Waals surface area contributed by atoms with Crippen molar-refractivity contribution in [2.75, 3.05) is 12.2 Å². The third kappa shape index (κ3) is 3.11. The first-order valence-electron chi connectivity index (χ1n) is 6.58. The molecule has 0 aliphatic carbocycles. The summed E-state index contributed by atoms with van der Waals surface area (Å²) in [6.07, 6.45) is 1.70. The molecule has 0 radical (unpaired) electrons. The normalized spacial score (nSPS) is 12.9. The molecule has 2 aromatic carbocycles. The van der Waals surface area contributed by atoms with E-state index in [2.05, 4.69) is 30.4 Å². The maximum Gasteiger partial charge on any atom is 0.231 e. The summed E-state index contributed by atoms with van der Waals surface area (Å²) in [6.45, 7) is 4.31. The predicted molar refractivity (Wildman–Crippen MR) is 84.7 cm³/mol. The Kier molecular flexibility index (Phi) is 3.71. The number of nitrogens with zero attached hydrogens (tertiary/aromatic N) is 1. The highest BCUT2D eigenvalue weighted by Gasteiger charge is 2.17. The van der Waals surface area contributed by atoms with Crippen molar-refractivity contribution in [1.82, 2.24) is 0 Å². The van der Waals surface area contributed by atoms with Gasteiger partial charge < -0.3 is 9.47 Å². The maximum atomic E-state index is 6.13. The Morgan fingerprint density at radius 2 is 1.86 bits per heavy atom. The lowest BCUT2D eigenvalue weighted by Crippen LogP contribution is -1.93. The monoisotopic (exact) mass is 302 g/mol. The van der Waals surface area contributed by atoms with Crippen molar-refractivity contribution >= 4 is 23.5 Å². The average molecular weight is 303 g/mol. The summed E-state index contributed by atoms with van der Waals surface area (Å²) in [5.74, 6) is 1.24. The fourth-order valence-electron chi connectivity index (χ4n) is 2.28. The summed E-state index contributed by atoms with van der Waals surface area (Å²) in [7, 11) is 0. The van der Waals surface area contributed by atoms with Gasteiger partial charge in [-0.1, -0.05) is 17.7 Å². The van der Waals surface area contributed by atoms with Gasteiger partial charge in [0, 0.05) is 0 Å². The molecule has 4 nitrogen and oxygen atoms in total. The van der Waals surface area contributed by atoms with Crippen molar-refractivity contribution in [2.45, 2.75) is 13.8 Å². The number of ether oxygens (including phenoxy) is 2. The lowest BCUT2D eigenvalue weighted by atomic mass is 10.1. The van der Waals surface area contributed by atoms with E-state index >= 15 is 0 Å². The van der Waals surface area contributed by atoms with Gasteiger partial charge in [0.15, 0.2) is 11.5 Å². The number of fused-ring (bicyclic) bond motifs is 1. The van der Waals surface area contributed by atoms with E-state index < -0.39 is 0 Å². The Hall–Kier alpha value is -2.20. The second-order valence-corrected chi connectivity index (χ2v) is 5.39. The quantitative estimate of drug-likeness (QED) is 0.685. The SMILES string of the molecule is Cc1cc(C)cc(N/N=C\c2cc(Cl)c3c(c2)OCO3)c1. The van der Waals surface area contributed by atoms with E-state index in [1.807, 2.05) is 18.2 Å². The van der Waals surface area contributed by atoms with Gasteiger partial charge in [-0.25, -0.2) is 0 Å². The largest absolute Gasteiger partial charge is 0.454 e. The highest BCUT2D eigenvalue weighted by molar-refractivity contribution is 6.32. The molecule has 0 fully saturated rings. The highest BCUT2D eigenvalue weighted by atomic mass is 35.5. The molecule has 0 amide bonds. The average Bonchev–Trinajstić information content (AvgIpc) is 2.86. The summed E-state index contributed by atoms with van der Waals surface area (Å²) >= 11 is 6.13. The van der Waals surface area contributed by atoms with Crippen LogP contribution in [0.5, 0.6) is 11.5 Å². The number of aryl methyl sites for hydroxylation is 2. The highest BCUT2D eigenvalue weighted by Crippen LogP contribution is 2.39. The summed E-state index contributed by atoms with van der Waals surface area (Å²) in [4.78, 5) is 0. The first-order chi connectivity index (χ1) is 10.1. The van der Waals surface area contributed by atoms with Crippen molar-refractivity contribution in [3.8, 4) is 11.5 Å². The Balaban J connectivity index is 1.76. The summed E-state index contributed by atoms with van der Waals surface area (Å²) in [6, 6.07) is 9.84. The number of hydrogen-bond acceptors (Lipinski definition) is 4. The minimum atomic E-state index is 0.205. The number of halogens is 1. The Morgan fingerprint density at radius 1 is 1.10 bits per heavy atom. The molecule has 0 atom stereocenters. The first kappa shape index (κ1) is 13.8. The third-order valence-electron chi connectivity index (χ3n) is 3.08. The van der Waals surface area contributed by atoms with E-state index in [0.29, 0.717) is 16.5 Å². The predicted octanol–water partition coefficient (Wildman–Crippen LogP) is 4.13. The van der Waals surface area contributed by atoms with Gasteiger partial charge in [-0.2, -0.15) is 5.10 Å². The van der Waals surface area contributed by atoms with E-state index in [1.54, 1.807) is 12.3 Å². The molecule has 0 saturated heterocycles. The molecular formula is C16H15ClN2O2. The number of nitrogens with one attached hydrogen (secondary N) is 1. The van der Waals surface area contributed by atoms with Crippen molar-refractivity contribution < 1.29 is 9.47 Å². The molecule has 2 aromatic rings. The second kappa shape index (κ2) is 5.66. The van der Waals surface area contributed by atoms with Crippen LogP contribution in [0, 0.1) is 13.8 Å². The van der Waals surface area contributed by atoms with Crippen LogP contribution in [0.25, 0.3) is 0 Å². The molecule has 1 N–H and O–H groups in total. The van der Waals surface area contributed by atoms with E-state index in [0.717, 1.165) is 11.3 Å². The minimum absolute atomic E-state index is 0.205. The van der Waals surface area contributed by atoms with Crippen LogP contribution in [-0.4, -0.2) is 13.0 Å². The zero-order valence-corrected chi connectivity index (χ0v) is 12.6. The van der Waals surface area contributed by atoms with Gasteiger partial charge in [0.05, 0.1) is 16.9 Å². The summed E-state index contributed by atoms with van der Waals surface area (Å²) in [5, 5.41) is 4.76. The fourth-order valence-corrected chi connectivity index (χ4v) is 2.56. The third-order valence-corrected chi connectivity index (χ3v) is 3.36. The Morgan fingerprint density at radius 3 is 2.62 bits per heavy atom. The Bertz CT molecular complexity index is 693. The lowest BCUT2D eigenvalue weighted by molar-refractivity contribution is 0.174. The molecular weight excluding hydrogens is 288 g/mol. The van der Waals surface area contributed by atoms with Crippen LogP contribution in [0.1, 0.15) is 16.7 Å². The van der Waals surface area contributed by atoms with E-state index in [9.17, 15) is 0 Å². The van der Waals surface area contributed by atoms with Crippen LogP contribution in [0.4, 0.5) is 5.69 Å². The zero-order chi connectivity index (χ0) is 14.8. The van der Waals surface area contributed by atoms with Crippen LogP contribution >= 0.6 is 11.6 Å². The van der Waals surface area contributed by atoms with Crippen molar-refractivity contribution in [3.05, 3.63) is 52.0 Å². The van der Waals surface area contributed by atoms with Gasteiger partial charge in [-0.3, -0.25) is 5.43 Å². The molecule has 3 rings (SSSR count). The number of hydrogen-bond donors (Lipinski definition) is 1. The molecule has 0 spiro atoms. The zero-order valence-electron chi connectivity index (χ0n) is 11.8. The van der Waals surface area contributed by atoms with Crippen LogP contribution < -0.4 is 14.9 Å². The number of rotatable bonds is 3. The van der Waals surface area contributed by atoms with E-state index in [1.165, 1.54) is 11.1 Å². The van der Waals surface area contributed by atoms with Gasteiger partial charge in [0.25, 0.3) is 0 Å².